The highest BCUT2D eigenvalue weighted by molar-refractivity contribution is 7.17. The van der Waals surface area contributed by atoms with Gasteiger partial charge in [0.05, 0.1) is 18.8 Å². The molecule has 0 fully saturated rings. The first-order valence-corrected chi connectivity index (χ1v) is 6.58. The van der Waals surface area contributed by atoms with E-state index in [4.69, 9.17) is 10.8 Å². The summed E-state index contributed by atoms with van der Waals surface area (Å²) in [5.41, 5.74) is 7.83. The second-order valence-electron chi connectivity index (χ2n) is 4.05. The van der Waals surface area contributed by atoms with Gasteiger partial charge in [0.2, 0.25) is 0 Å². The molecule has 18 heavy (non-hydrogen) atoms. The minimum Gasteiger partial charge on any atom is -0.394 e. The summed E-state index contributed by atoms with van der Waals surface area (Å²) in [7, 11) is 0. The van der Waals surface area contributed by atoms with Crippen LogP contribution in [-0.4, -0.2) is 21.5 Å². The van der Waals surface area contributed by atoms with Crippen LogP contribution in [0.15, 0.2) is 35.7 Å². The lowest BCUT2D eigenvalue weighted by atomic mass is 10.1. The molecule has 2 heterocycles. The zero-order chi connectivity index (χ0) is 12.5. The Labute approximate surface area is 108 Å². The molecular weight excluding hydrogens is 246 g/mol. The number of anilines is 1. The number of nitrogen functional groups attached to an aromatic ring is 1. The van der Waals surface area contributed by atoms with E-state index in [1.165, 1.54) is 10.1 Å². The SMILES string of the molecule is Nc1cc(-c2csc3ccccc23)nn1CCO. The lowest BCUT2D eigenvalue weighted by molar-refractivity contribution is 0.270. The molecule has 0 atom stereocenters. The highest BCUT2D eigenvalue weighted by atomic mass is 32.1. The third-order valence-electron chi connectivity index (χ3n) is 2.88. The summed E-state index contributed by atoms with van der Waals surface area (Å²) in [6.45, 7) is 0.462. The van der Waals surface area contributed by atoms with Crippen molar-refractivity contribution in [3.05, 3.63) is 35.7 Å². The topological polar surface area (TPSA) is 64.1 Å². The summed E-state index contributed by atoms with van der Waals surface area (Å²) in [5, 5.41) is 16.7. The van der Waals surface area contributed by atoms with Crippen molar-refractivity contribution in [2.24, 2.45) is 0 Å². The molecule has 3 aromatic rings. The van der Waals surface area contributed by atoms with Gasteiger partial charge in [-0.1, -0.05) is 18.2 Å². The molecule has 3 rings (SSSR count). The van der Waals surface area contributed by atoms with Gasteiger partial charge < -0.3 is 10.8 Å². The van der Waals surface area contributed by atoms with Crippen LogP contribution in [0.2, 0.25) is 0 Å². The fourth-order valence-electron chi connectivity index (χ4n) is 2.01. The Morgan fingerprint density at radius 3 is 3.00 bits per heavy atom. The average molecular weight is 259 g/mol. The molecule has 0 aliphatic heterocycles. The summed E-state index contributed by atoms with van der Waals surface area (Å²) in [5.74, 6) is 0.578. The third kappa shape index (κ3) is 1.77. The Bertz CT molecular complexity index is 686. The molecule has 0 saturated carbocycles. The Hall–Kier alpha value is -1.85. The van der Waals surface area contributed by atoms with Crippen LogP contribution in [0.25, 0.3) is 21.3 Å². The van der Waals surface area contributed by atoms with Gasteiger partial charge in [0.25, 0.3) is 0 Å². The molecule has 3 N–H and O–H groups in total. The van der Waals surface area contributed by atoms with Crippen molar-refractivity contribution in [2.45, 2.75) is 6.54 Å². The van der Waals surface area contributed by atoms with Crippen LogP contribution in [0, 0.1) is 0 Å². The number of aliphatic hydroxyl groups excluding tert-OH is 1. The zero-order valence-electron chi connectivity index (χ0n) is 9.71. The number of fused-ring (bicyclic) bond motifs is 1. The maximum atomic E-state index is 8.94. The Morgan fingerprint density at radius 2 is 2.17 bits per heavy atom. The standard InChI is InChI=1S/C13H13N3OS/c14-13-7-11(15-16(13)5-6-17)10-8-18-12-4-2-1-3-9(10)12/h1-4,7-8,17H,5-6,14H2. The van der Waals surface area contributed by atoms with Gasteiger partial charge in [-0.25, -0.2) is 4.68 Å². The van der Waals surface area contributed by atoms with Crippen LogP contribution < -0.4 is 5.73 Å². The van der Waals surface area contributed by atoms with E-state index in [1.54, 1.807) is 16.0 Å². The van der Waals surface area contributed by atoms with Crippen molar-refractivity contribution in [3.8, 4) is 11.3 Å². The van der Waals surface area contributed by atoms with Crippen molar-refractivity contribution in [1.29, 1.82) is 0 Å². The molecule has 4 nitrogen and oxygen atoms in total. The molecular formula is C13H13N3OS. The van der Waals surface area contributed by atoms with E-state index in [0.717, 1.165) is 11.3 Å². The number of nitrogens with two attached hydrogens (primary N) is 1. The van der Waals surface area contributed by atoms with E-state index in [0.29, 0.717) is 12.4 Å². The Kier molecular flexibility index (Phi) is 2.77. The fourth-order valence-corrected chi connectivity index (χ4v) is 2.97. The van der Waals surface area contributed by atoms with Crippen molar-refractivity contribution in [3.63, 3.8) is 0 Å². The van der Waals surface area contributed by atoms with Gasteiger partial charge in [-0.15, -0.1) is 11.3 Å². The van der Waals surface area contributed by atoms with Crippen LogP contribution in [0.4, 0.5) is 5.82 Å². The van der Waals surface area contributed by atoms with E-state index in [1.807, 2.05) is 18.2 Å². The summed E-state index contributed by atoms with van der Waals surface area (Å²) < 4.78 is 2.87. The number of hydrogen-bond acceptors (Lipinski definition) is 4. The molecule has 0 spiro atoms. The Balaban J connectivity index is 2.11. The van der Waals surface area contributed by atoms with E-state index in [-0.39, 0.29) is 6.61 Å². The summed E-state index contributed by atoms with van der Waals surface area (Å²) >= 11 is 1.70. The third-order valence-corrected chi connectivity index (χ3v) is 3.84. The first-order chi connectivity index (χ1) is 8.79. The van der Waals surface area contributed by atoms with Gasteiger partial charge >= 0.3 is 0 Å². The number of benzene rings is 1. The number of aromatic nitrogens is 2. The van der Waals surface area contributed by atoms with E-state index in [2.05, 4.69) is 22.6 Å². The monoisotopic (exact) mass is 259 g/mol. The van der Waals surface area contributed by atoms with Gasteiger partial charge in [0, 0.05) is 27.1 Å². The van der Waals surface area contributed by atoms with Crippen LogP contribution in [0.3, 0.4) is 0 Å². The largest absolute Gasteiger partial charge is 0.394 e. The number of thiophene rings is 1. The molecule has 0 aliphatic carbocycles. The maximum Gasteiger partial charge on any atom is 0.122 e. The smallest absolute Gasteiger partial charge is 0.122 e. The van der Waals surface area contributed by atoms with E-state index in [9.17, 15) is 0 Å². The average Bonchev–Trinajstić information content (AvgIpc) is 2.94. The number of aliphatic hydroxyl groups is 1. The van der Waals surface area contributed by atoms with E-state index < -0.39 is 0 Å². The lowest BCUT2D eigenvalue weighted by Crippen LogP contribution is -2.07. The van der Waals surface area contributed by atoms with Gasteiger partial charge in [0.15, 0.2) is 0 Å². The molecule has 92 valence electrons. The minimum absolute atomic E-state index is 0.0374. The highest BCUT2D eigenvalue weighted by Crippen LogP contribution is 2.33. The molecule has 0 radical (unpaired) electrons. The predicted octanol–water partition coefficient (Wildman–Crippen LogP) is 2.34. The van der Waals surface area contributed by atoms with Gasteiger partial charge in [-0.3, -0.25) is 0 Å². The molecule has 0 amide bonds. The predicted molar refractivity (Wildman–Crippen MR) is 74.5 cm³/mol. The lowest BCUT2D eigenvalue weighted by Gasteiger charge is -1.99. The highest BCUT2D eigenvalue weighted by Gasteiger charge is 2.11. The minimum atomic E-state index is 0.0374. The van der Waals surface area contributed by atoms with Gasteiger partial charge in [0.1, 0.15) is 5.82 Å². The molecule has 0 aliphatic rings. The van der Waals surface area contributed by atoms with Gasteiger partial charge in [-0.05, 0) is 6.07 Å². The first-order valence-electron chi connectivity index (χ1n) is 5.70. The fraction of sp³-hybridized carbons (Fsp3) is 0.154. The Morgan fingerprint density at radius 1 is 1.33 bits per heavy atom. The van der Waals surface area contributed by atoms with Gasteiger partial charge in [-0.2, -0.15) is 5.10 Å². The molecule has 5 heteroatoms. The van der Waals surface area contributed by atoms with Crippen LogP contribution in [0.5, 0.6) is 0 Å². The van der Waals surface area contributed by atoms with Crippen LogP contribution >= 0.6 is 11.3 Å². The van der Waals surface area contributed by atoms with Crippen molar-refractivity contribution < 1.29 is 5.11 Å². The van der Waals surface area contributed by atoms with Crippen LogP contribution in [-0.2, 0) is 6.54 Å². The molecule has 0 saturated heterocycles. The van der Waals surface area contributed by atoms with Crippen molar-refractivity contribution >= 4 is 27.2 Å². The molecule has 0 bridgehead atoms. The summed E-state index contributed by atoms with van der Waals surface area (Å²) in [6.07, 6.45) is 0. The number of nitrogens with zero attached hydrogens (tertiary/aromatic N) is 2. The molecule has 1 aromatic carbocycles. The van der Waals surface area contributed by atoms with E-state index >= 15 is 0 Å². The van der Waals surface area contributed by atoms with Crippen molar-refractivity contribution in [1.82, 2.24) is 9.78 Å². The maximum absolute atomic E-state index is 8.94. The quantitative estimate of drug-likeness (QED) is 0.758. The number of rotatable bonds is 3. The molecule has 0 unspecified atom stereocenters. The first kappa shape index (κ1) is 11.3. The second-order valence-corrected chi connectivity index (χ2v) is 4.96. The summed E-state index contributed by atoms with van der Waals surface area (Å²) in [4.78, 5) is 0. The van der Waals surface area contributed by atoms with Crippen molar-refractivity contribution in [2.75, 3.05) is 12.3 Å². The second kappa shape index (κ2) is 4.44. The zero-order valence-corrected chi connectivity index (χ0v) is 10.5. The normalized spacial score (nSPS) is 11.2. The number of hydrogen-bond donors (Lipinski definition) is 2. The van der Waals surface area contributed by atoms with Crippen LogP contribution in [0.1, 0.15) is 0 Å². The molecule has 2 aromatic heterocycles. The summed E-state index contributed by atoms with van der Waals surface area (Å²) in [6, 6.07) is 10.1.